The second-order valence-electron chi connectivity index (χ2n) is 4.77. The Bertz CT molecular complexity index is 1050. The average molecular weight is 406 g/mol. The highest BCUT2D eigenvalue weighted by Crippen LogP contribution is 2.35. The number of halogens is 3. The van der Waals surface area contributed by atoms with Gasteiger partial charge in [0.1, 0.15) is 0 Å². The van der Waals surface area contributed by atoms with Crippen LogP contribution >= 0.6 is 23.2 Å². The number of hydrogen-bond donors (Lipinski definition) is 0. The first kappa shape index (κ1) is 17.6. The van der Waals surface area contributed by atoms with Crippen LogP contribution in [0.15, 0.2) is 29.4 Å². The van der Waals surface area contributed by atoms with Crippen molar-refractivity contribution < 1.29 is 17.5 Å². The Balaban J connectivity index is 2.16. The van der Waals surface area contributed by atoms with Crippen LogP contribution in [0.5, 0.6) is 6.01 Å². The molecule has 0 aliphatic carbocycles. The minimum absolute atomic E-state index is 0.0703. The van der Waals surface area contributed by atoms with Gasteiger partial charge in [-0.05, 0) is 12.1 Å². The molecule has 0 aliphatic heterocycles. The van der Waals surface area contributed by atoms with E-state index < -0.39 is 21.1 Å². The molecule has 0 fully saturated rings. The van der Waals surface area contributed by atoms with Crippen LogP contribution in [0.2, 0.25) is 10.0 Å². The summed E-state index contributed by atoms with van der Waals surface area (Å²) in [5, 5.41) is 3.52. The van der Waals surface area contributed by atoms with Gasteiger partial charge in [-0.2, -0.15) is 27.3 Å². The van der Waals surface area contributed by atoms with Crippen LogP contribution in [0.1, 0.15) is 0 Å². The van der Waals surface area contributed by atoms with Gasteiger partial charge < -0.3 is 4.74 Å². The summed E-state index contributed by atoms with van der Waals surface area (Å²) in [7, 11) is -1.72. The number of para-hydroxylation sites is 1. The predicted octanol–water partition coefficient (Wildman–Crippen LogP) is 2.40. The van der Waals surface area contributed by atoms with Crippen molar-refractivity contribution in [2.24, 2.45) is 0 Å². The smallest absolute Gasteiger partial charge is 0.322 e. The summed E-state index contributed by atoms with van der Waals surface area (Å²) in [6.45, 7) is 0. The zero-order chi connectivity index (χ0) is 18.4. The van der Waals surface area contributed by atoms with Gasteiger partial charge in [0.25, 0.3) is 5.16 Å². The van der Waals surface area contributed by atoms with Crippen molar-refractivity contribution in [3.05, 3.63) is 40.3 Å². The standard InChI is InChI=1S/C13H10Cl2FN5O3S/c1-20(11-7(14)4-3-5-8(11)15)25(22,23)12-18-10-6-9(16)17-13(24-2)21(10)19-12/h3-6H,1-2H3. The molecule has 0 aliphatic rings. The van der Waals surface area contributed by atoms with Gasteiger partial charge in [0.2, 0.25) is 5.95 Å². The molecule has 8 nitrogen and oxygen atoms in total. The van der Waals surface area contributed by atoms with Crippen molar-refractivity contribution in [1.82, 2.24) is 19.6 Å². The van der Waals surface area contributed by atoms with Crippen molar-refractivity contribution in [1.29, 1.82) is 0 Å². The number of ether oxygens (including phenoxy) is 1. The monoisotopic (exact) mass is 405 g/mol. The number of methoxy groups -OCH3 is 1. The third kappa shape index (κ3) is 2.96. The number of hydrogen-bond acceptors (Lipinski definition) is 6. The molecule has 1 aromatic carbocycles. The van der Waals surface area contributed by atoms with E-state index in [-0.39, 0.29) is 27.4 Å². The molecule has 0 spiro atoms. The SMILES string of the molecule is COc1nc(F)cc2nc(S(=O)(=O)N(C)c3c(Cl)cccc3Cl)nn12. The predicted molar refractivity (Wildman–Crippen MR) is 89.3 cm³/mol. The lowest BCUT2D eigenvalue weighted by atomic mass is 10.3. The van der Waals surface area contributed by atoms with Gasteiger partial charge in [0.05, 0.1) is 22.8 Å². The first-order valence-corrected chi connectivity index (χ1v) is 8.85. The van der Waals surface area contributed by atoms with Crippen molar-refractivity contribution in [2.75, 3.05) is 18.5 Å². The highest BCUT2D eigenvalue weighted by Gasteiger charge is 2.30. The van der Waals surface area contributed by atoms with Crippen molar-refractivity contribution in [3.63, 3.8) is 0 Å². The molecular weight excluding hydrogens is 396 g/mol. The van der Waals surface area contributed by atoms with E-state index >= 15 is 0 Å². The minimum atomic E-state index is -4.22. The number of anilines is 1. The summed E-state index contributed by atoms with van der Waals surface area (Å²) in [4.78, 5) is 7.30. The third-order valence-electron chi connectivity index (χ3n) is 3.27. The van der Waals surface area contributed by atoms with Crippen molar-refractivity contribution in [3.8, 4) is 6.01 Å². The molecular formula is C13H10Cl2FN5O3S. The van der Waals surface area contributed by atoms with Crippen LogP contribution in [0.3, 0.4) is 0 Å². The molecule has 0 unspecified atom stereocenters. The normalized spacial score (nSPS) is 11.7. The minimum Gasteiger partial charge on any atom is -0.467 e. The summed E-state index contributed by atoms with van der Waals surface area (Å²) >= 11 is 12.1. The first-order chi connectivity index (χ1) is 11.8. The van der Waals surface area contributed by atoms with E-state index in [1.54, 1.807) is 6.07 Å². The molecule has 2 aromatic heterocycles. The Kier molecular flexibility index (Phi) is 4.43. The Morgan fingerprint density at radius 2 is 1.88 bits per heavy atom. The molecule has 3 rings (SSSR count). The second-order valence-corrected chi connectivity index (χ2v) is 7.45. The van der Waals surface area contributed by atoms with E-state index in [1.165, 1.54) is 26.3 Å². The van der Waals surface area contributed by atoms with Crippen LogP contribution in [0.4, 0.5) is 10.1 Å². The Hall–Kier alpha value is -2.17. The van der Waals surface area contributed by atoms with Gasteiger partial charge >= 0.3 is 16.0 Å². The Morgan fingerprint density at radius 3 is 2.48 bits per heavy atom. The van der Waals surface area contributed by atoms with Crippen LogP contribution in [-0.4, -0.2) is 42.2 Å². The number of aromatic nitrogens is 4. The van der Waals surface area contributed by atoms with E-state index in [2.05, 4.69) is 15.1 Å². The summed E-state index contributed by atoms with van der Waals surface area (Å²) in [6.07, 6.45) is 0. The fourth-order valence-corrected chi connectivity index (χ4v) is 3.92. The number of nitrogens with zero attached hydrogens (tertiary/aromatic N) is 5. The van der Waals surface area contributed by atoms with Crippen LogP contribution in [0.25, 0.3) is 5.65 Å². The molecule has 132 valence electrons. The molecule has 0 saturated heterocycles. The van der Waals surface area contributed by atoms with E-state index in [0.717, 1.165) is 14.9 Å². The number of fused-ring (bicyclic) bond motifs is 1. The lowest BCUT2D eigenvalue weighted by Crippen LogP contribution is -2.28. The highest BCUT2D eigenvalue weighted by atomic mass is 35.5. The lowest BCUT2D eigenvalue weighted by Gasteiger charge is -2.19. The van der Waals surface area contributed by atoms with Crippen LogP contribution < -0.4 is 9.04 Å². The molecule has 12 heteroatoms. The largest absolute Gasteiger partial charge is 0.467 e. The molecule has 0 atom stereocenters. The quantitative estimate of drug-likeness (QED) is 0.619. The summed E-state index contributed by atoms with van der Waals surface area (Å²) in [5.41, 5.74) is -0.0115. The fourth-order valence-electron chi connectivity index (χ4n) is 2.09. The maximum absolute atomic E-state index is 13.5. The first-order valence-electron chi connectivity index (χ1n) is 6.66. The summed E-state index contributed by atoms with van der Waals surface area (Å²) < 4.78 is 45.8. The Morgan fingerprint density at radius 1 is 1.24 bits per heavy atom. The molecule has 25 heavy (non-hydrogen) atoms. The van der Waals surface area contributed by atoms with Crippen LogP contribution in [-0.2, 0) is 10.0 Å². The van der Waals surface area contributed by atoms with E-state index in [4.69, 9.17) is 27.9 Å². The van der Waals surface area contributed by atoms with Gasteiger partial charge in [0.15, 0.2) is 5.65 Å². The lowest BCUT2D eigenvalue weighted by molar-refractivity contribution is 0.356. The number of benzene rings is 1. The molecule has 2 heterocycles. The van der Waals surface area contributed by atoms with E-state index in [0.29, 0.717) is 0 Å². The summed E-state index contributed by atoms with van der Waals surface area (Å²) in [5.74, 6) is -0.886. The van der Waals surface area contributed by atoms with Gasteiger partial charge in [-0.25, -0.2) is 0 Å². The summed E-state index contributed by atoms with van der Waals surface area (Å²) in [6, 6.07) is 5.25. The zero-order valence-corrected chi connectivity index (χ0v) is 15.1. The van der Waals surface area contributed by atoms with Crippen molar-refractivity contribution in [2.45, 2.75) is 5.16 Å². The van der Waals surface area contributed by atoms with Crippen molar-refractivity contribution >= 4 is 44.6 Å². The van der Waals surface area contributed by atoms with Gasteiger partial charge in [-0.3, -0.25) is 4.31 Å². The maximum Gasteiger partial charge on any atom is 0.322 e. The van der Waals surface area contributed by atoms with E-state index in [9.17, 15) is 12.8 Å². The van der Waals surface area contributed by atoms with Gasteiger partial charge in [-0.15, -0.1) is 5.10 Å². The molecule has 0 saturated carbocycles. The fraction of sp³-hybridized carbons (Fsp3) is 0.154. The van der Waals surface area contributed by atoms with Gasteiger partial charge in [-0.1, -0.05) is 29.3 Å². The zero-order valence-electron chi connectivity index (χ0n) is 12.8. The number of sulfonamides is 1. The van der Waals surface area contributed by atoms with Gasteiger partial charge in [0, 0.05) is 13.1 Å². The molecule has 0 amide bonds. The highest BCUT2D eigenvalue weighted by molar-refractivity contribution is 7.92. The number of rotatable bonds is 4. The molecule has 0 bridgehead atoms. The third-order valence-corrected chi connectivity index (χ3v) is 5.42. The molecule has 3 aromatic rings. The molecule has 0 radical (unpaired) electrons. The topological polar surface area (TPSA) is 89.7 Å². The second kappa shape index (κ2) is 6.28. The molecule has 0 N–H and O–H groups in total. The van der Waals surface area contributed by atoms with Crippen LogP contribution in [0, 0.1) is 5.95 Å². The average Bonchev–Trinajstić information content (AvgIpc) is 2.98. The Labute approximate surface area is 151 Å². The maximum atomic E-state index is 13.5. The van der Waals surface area contributed by atoms with E-state index in [1.807, 2.05) is 0 Å².